The van der Waals surface area contributed by atoms with E-state index < -0.39 is 0 Å². The molecule has 0 unspecified atom stereocenters. The second kappa shape index (κ2) is 6.05. The Labute approximate surface area is 123 Å². The predicted molar refractivity (Wildman–Crippen MR) is 81.2 cm³/mol. The highest BCUT2D eigenvalue weighted by Crippen LogP contribution is 2.37. The van der Waals surface area contributed by atoms with Crippen LogP contribution in [0.25, 0.3) is 0 Å². The number of nitrogens with zero attached hydrogens (tertiary/aromatic N) is 1. The molecule has 0 aromatic rings. The van der Waals surface area contributed by atoms with Gasteiger partial charge in [0.2, 0.25) is 5.91 Å². The minimum absolute atomic E-state index is 0.270. The van der Waals surface area contributed by atoms with Gasteiger partial charge in [0.05, 0.1) is 0 Å². The first-order chi connectivity index (χ1) is 9.65. The first-order valence-electron chi connectivity index (χ1n) is 8.72. The lowest BCUT2D eigenvalue weighted by molar-refractivity contribution is -0.136. The van der Waals surface area contributed by atoms with E-state index in [1.54, 1.807) is 0 Å². The van der Waals surface area contributed by atoms with Crippen molar-refractivity contribution in [2.75, 3.05) is 0 Å². The molecule has 114 valence electrons. The van der Waals surface area contributed by atoms with E-state index in [2.05, 4.69) is 11.8 Å². The van der Waals surface area contributed by atoms with Gasteiger partial charge in [0.15, 0.2) is 0 Å². The fourth-order valence-electron chi connectivity index (χ4n) is 4.23. The van der Waals surface area contributed by atoms with Gasteiger partial charge in [0.1, 0.15) is 0 Å². The number of hydrogen-bond donors (Lipinski definition) is 1. The molecule has 2 atom stereocenters. The summed E-state index contributed by atoms with van der Waals surface area (Å²) in [5.74, 6) is 1.71. The van der Waals surface area contributed by atoms with Gasteiger partial charge in [-0.2, -0.15) is 0 Å². The quantitative estimate of drug-likeness (QED) is 0.859. The number of nitrogens with two attached hydrogens (primary N) is 1. The third-order valence-electron chi connectivity index (χ3n) is 5.76. The molecule has 2 N–H and O–H groups in total. The molecule has 3 fully saturated rings. The van der Waals surface area contributed by atoms with Crippen LogP contribution in [0.5, 0.6) is 0 Å². The van der Waals surface area contributed by atoms with Crippen LogP contribution >= 0.6 is 0 Å². The van der Waals surface area contributed by atoms with E-state index >= 15 is 0 Å². The van der Waals surface area contributed by atoms with E-state index in [1.165, 1.54) is 44.9 Å². The monoisotopic (exact) mass is 278 g/mol. The van der Waals surface area contributed by atoms with Crippen molar-refractivity contribution in [3.8, 4) is 0 Å². The number of carbonyl (C=O) groups is 1. The zero-order valence-corrected chi connectivity index (χ0v) is 12.9. The average Bonchev–Trinajstić information content (AvgIpc) is 3.17. The molecule has 0 aromatic carbocycles. The Hall–Kier alpha value is -0.570. The third kappa shape index (κ3) is 3.19. The maximum absolute atomic E-state index is 12.8. The highest BCUT2D eigenvalue weighted by atomic mass is 16.2. The summed E-state index contributed by atoms with van der Waals surface area (Å²) in [4.78, 5) is 15.1. The Kier molecular flexibility index (Phi) is 4.34. The van der Waals surface area contributed by atoms with Gasteiger partial charge in [-0.1, -0.05) is 13.3 Å². The lowest BCUT2D eigenvalue weighted by Gasteiger charge is -2.37. The molecule has 3 nitrogen and oxygen atoms in total. The van der Waals surface area contributed by atoms with Crippen LogP contribution in [0.2, 0.25) is 0 Å². The highest BCUT2D eigenvalue weighted by Gasteiger charge is 2.39. The molecule has 3 saturated carbocycles. The van der Waals surface area contributed by atoms with Crippen molar-refractivity contribution in [3.05, 3.63) is 0 Å². The van der Waals surface area contributed by atoms with E-state index in [9.17, 15) is 4.79 Å². The summed E-state index contributed by atoms with van der Waals surface area (Å²) in [5, 5.41) is 0. The summed E-state index contributed by atoms with van der Waals surface area (Å²) in [7, 11) is 0. The van der Waals surface area contributed by atoms with Crippen molar-refractivity contribution >= 4 is 5.91 Å². The topological polar surface area (TPSA) is 46.3 Å². The maximum atomic E-state index is 12.8. The Bertz CT molecular complexity index is 345. The average molecular weight is 278 g/mol. The fourth-order valence-corrected chi connectivity index (χ4v) is 4.23. The third-order valence-corrected chi connectivity index (χ3v) is 5.76. The Morgan fingerprint density at radius 1 is 1.00 bits per heavy atom. The standard InChI is InChI=1S/C17H30N2O/c1-12-5-7-14(8-6-12)19(15-9-10-15)17(20)11-13-3-2-4-16(13)18/h12-16H,2-11,18H2,1H3/t12?,13-,14?,16+/m0/s1. The number of rotatable bonds is 4. The smallest absolute Gasteiger partial charge is 0.223 e. The lowest BCUT2D eigenvalue weighted by Crippen LogP contribution is -2.45. The van der Waals surface area contributed by atoms with Gasteiger partial charge in [-0.3, -0.25) is 4.79 Å². The van der Waals surface area contributed by atoms with Crippen LogP contribution in [0.3, 0.4) is 0 Å². The lowest BCUT2D eigenvalue weighted by atomic mass is 9.86. The van der Waals surface area contributed by atoms with Gasteiger partial charge < -0.3 is 10.6 Å². The molecule has 0 heterocycles. The summed E-state index contributed by atoms with van der Waals surface area (Å²) < 4.78 is 0. The normalized spacial score (nSPS) is 37.9. The summed E-state index contributed by atoms with van der Waals surface area (Å²) in [6.45, 7) is 2.34. The van der Waals surface area contributed by atoms with Crippen LogP contribution in [0.1, 0.15) is 71.1 Å². The van der Waals surface area contributed by atoms with Gasteiger partial charge >= 0.3 is 0 Å². The summed E-state index contributed by atoms with van der Waals surface area (Å²) in [5.41, 5.74) is 6.15. The maximum Gasteiger partial charge on any atom is 0.223 e. The van der Waals surface area contributed by atoms with Gasteiger partial charge in [-0.15, -0.1) is 0 Å². The second-order valence-electron chi connectivity index (χ2n) is 7.50. The van der Waals surface area contributed by atoms with Crippen LogP contribution in [0.4, 0.5) is 0 Å². The largest absolute Gasteiger partial charge is 0.337 e. The molecule has 1 amide bonds. The summed E-state index contributed by atoms with van der Waals surface area (Å²) >= 11 is 0. The first-order valence-corrected chi connectivity index (χ1v) is 8.72. The van der Waals surface area contributed by atoms with Crippen molar-refractivity contribution in [1.82, 2.24) is 4.90 Å². The van der Waals surface area contributed by atoms with Crippen molar-refractivity contribution in [2.24, 2.45) is 17.6 Å². The zero-order valence-electron chi connectivity index (χ0n) is 12.9. The van der Waals surface area contributed by atoms with Gasteiger partial charge in [-0.05, 0) is 63.2 Å². The minimum atomic E-state index is 0.270. The fraction of sp³-hybridized carbons (Fsp3) is 0.941. The molecule has 3 heteroatoms. The molecule has 0 spiro atoms. The molecule has 20 heavy (non-hydrogen) atoms. The van der Waals surface area contributed by atoms with E-state index in [-0.39, 0.29) is 6.04 Å². The van der Waals surface area contributed by atoms with E-state index in [1.807, 2.05) is 0 Å². The molecular formula is C17H30N2O. The van der Waals surface area contributed by atoms with Crippen LogP contribution < -0.4 is 5.73 Å². The summed E-state index contributed by atoms with van der Waals surface area (Å²) in [6.07, 6.45) is 11.7. The number of carbonyl (C=O) groups excluding carboxylic acids is 1. The van der Waals surface area contributed by atoms with Crippen molar-refractivity contribution < 1.29 is 4.79 Å². The van der Waals surface area contributed by atoms with Crippen LogP contribution in [0.15, 0.2) is 0 Å². The minimum Gasteiger partial charge on any atom is -0.337 e. The van der Waals surface area contributed by atoms with Crippen LogP contribution in [-0.4, -0.2) is 28.9 Å². The van der Waals surface area contributed by atoms with Gasteiger partial charge in [0.25, 0.3) is 0 Å². The van der Waals surface area contributed by atoms with E-state index in [4.69, 9.17) is 5.73 Å². The Balaban J connectivity index is 1.60. The molecule has 0 radical (unpaired) electrons. The van der Waals surface area contributed by atoms with Gasteiger partial charge in [-0.25, -0.2) is 0 Å². The van der Waals surface area contributed by atoms with Crippen molar-refractivity contribution in [3.63, 3.8) is 0 Å². The molecule has 0 aliphatic heterocycles. The Morgan fingerprint density at radius 3 is 2.10 bits per heavy atom. The SMILES string of the molecule is CC1CCC(N(C(=O)C[C@@H]2CCC[C@H]2N)C2CC2)CC1. The van der Waals surface area contributed by atoms with Crippen molar-refractivity contribution in [1.29, 1.82) is 0 Å². The highest BCUT2D eigenvalue weighted by molar-refractivity contribution is 5.77. The molecular weight excluding hydrogens is 248 g/mol. The molecule has 0 aromatic heterocycles. The first kappa shape index (κ1) is 14.4. The van der Waals surface area contributed by atoms with E-state index in [0.29, 0.717) is 30.3 Å². The van der Waals surface area contributed by atoms with Crippen LogP contribution in [0, 0.1) is 11.8 Å². The molecule has 0 bridgehead atoms. The van der Waals surface area contributed by atoms with Crippen LogP contribution in [-0.2, 0) is 4.79 Å². The zero-order chi connectivity index (χ0) is 14.1. The number of hydrogen-bond acceptors (Lipinski definition) is 2. The predicted octanol–water partition coefficient (Wildman–Crippen LogP) is 3.07. The number of amides is 1. The summed E-state index contributed by atoms with van der Waals surface area (Å²) in [6, 6.07) is 1.37. The molecule has 3 rings (SSSR count). The van der Waals surface area contributed by atoms with Gasteiger partial charge in [0, 0.05) is 24.5 Å². The molecule has 3 aliphatic carbocycles. The molecule has 3 aliphatic rings. The second-order valence-corrected chi connectivity index (χ2v) is 7.50. The Morgan fingerprint density at radius 2 is 1.60 bits per heavy atom. The molecule has 0 saturated heterocycles. The van der Waals surface area contributed by atoms with E-state index in [0.717, 1.165) is 18.8 Å². The van der Waals surface area contributed by atoms with Crippen molar-refractivity contribution in [2.45, 2.75) is 89.3 Å².